The van der Waals surface area contributed by atoms with E-state index in [2.05, 4.69) is 25.5 Å². The van der Waals surface area contributed by atoms with Gasteiger partial charge in [-0.25, -0.2) is 19.7 Å². The van der Waals surface area contributed by atoms with Crippen molar-refractivity contribution in [3.8, 4) is 5.75 Å². The number of urea groups is 1. The number of aromatic nitrogens is 6. The number of aryl methyl sites for hydroxylation is 2. The molecule has 3 aliphatic rings. The van der Waals surface area contributed by atoms with Crippen LogP contribution < -0.4 is 15.0 Å². The zero-order valence-electron chi connectivity index (χ0n) is 24.3. The summed E-state index contributed by atoms with van der Waals surface area (Å²) in [5, 5.41) is 11.2. The van der Waals surface area contributed by atoms with E-state index in [1.54, 1.807) is 19.2 Å². The summed E-state index contributed by atoms with van der Waals surface area (Å²) in [5.41, 5.74) is 4.35. The number of nitrogens with zero attached hydrogens (tertiary/aromatic N) is 8. The number of imide groups is 1. The highest BCUT2D eigenvalue weighted by molar-refractivity contribution is 6.13. The minimum atomic E-state index is -0.492. The number of amides is 4. The van der Waals surface area contributed by atoms with Gasteiger partial charge >= 0.3 is 6.03 Å². The predicted molar refractivity (Wildman–Crippen MR) is 155 cm³/mol. The van der Waals surface area contributed by atoms with Gasteiger partial charge in [0.25, 0.3) is 0 Å². The Morgan fingerprint density at radius 3 is 2.65 bits per heavy atom. The first-order valence-corrected chi connectivity index (χ1v) is 14.4. The molecule has 1 N–H and O–H groups in total. The number of likely N-dealkylation sites (N-methyl/N-ethyl adjacent to an activating group) is 1. The number of carbonyl (C=O) groups is 3. The summed E-state index contributed by atoms with van der Waals surface area (Å²) in [6.45, 7) is 5.53. The van der Waals surface area contributed by atoms with Gasteiger partial charge in [-0.1, -0.05) is 0 Å². The molecule has 3 fully saturated rings. The number of fused-ring (bicyclic) bond motifs is 1. The number of hydrogen-bond acceptors (Lipinski definition) is 9. The fourth-order valence-corrected chi connectivity index (χ4v) is 5.44. The SMILES string of the molecule is Cc1ccnc(C2CC2C(=O)Nc2cc(OC(C)c3cn4cc(C5CC5)cc(N5CC(=O)N(C)C5=O)c4n3)c(C)nn2)n1. The van der Waals surface area contributed by atoms with E-state index in [-0.39, 0.29) is 36.2 Å². The summed E-state index contributed by atoms with van der Waals surface area (Å²) < 4.78 is 8.19. The van der Waals surface area contributed by atoms with Crippen molar-refractivity contribution >= 4 is 35.0 Å². The van der Waals surface area contributed by atoms with E-state index >= 15 is 0 Å². The lowest BCUT2D eigenvalue weighted by molar-refractivity contribution is -0.124. The van der Waals surface area contributed by atoms with E-state index in [0.717, 1.165) is 29.0 Å². The van der Waals surface area contributed by atoms with Crippen molar-refractivity contribution in [2.75, 3.05) is 23.8 Å². The Morgan fingerprint density at radius 2 is 1.93 bits per heavy atom. The summed E-state index contributed by atoms with van der Waals surface area (Å²) in [6, 6.07) is 5.10. The first-order valence-electron chi connectivity index (χ1n) is 14.4. The van der Waals surface area contributed by atoms with Gasteiger partial charge in [0, 0.05) is 49.2 Å². The third-order valence-electron chi connectivity index (χ3n) is 8.27. The van der Waals surface area contributed by atoms with E-state index in [1.165, 1.54) is 11.9 Å². The van der Waals surface area contributed by atoms with Crippen LogP contribution in [0.25, 0.3) is 5.65 Å². The lowest BCUT2D eigenvalue weighted by Gasteiger charge is -2.17. The predicted octanol–water partition coefficient (Wildman–Crippen LogP) is 3.69. The molecule has 43 heavy (non-hydrogen) atoms. The van der Waals surface area contributed by atoms with Crippen LogP contribution in [-0.2, 0) is 9.59 Å². The summed E-state index contributed by atoms with van der Waals surface area (Å²) in [7, 11) is 1.49. The van der Waals surface area contributed by atoms with E-state index in [0.29, 0.717) is 52.5 Å². The van der Waals surface area contributed by atoms with E-state index in [9.17, 15) is 14.4 Å². The van der Waals surface area contributed by atoms with Crippen molar-refractivity contribution in [2.45, 2.75) is 58.0 Å². The Labute approximate surface area is 247 Å². The van der Waals surface area contributed by atoms with Crippen LogP contribution in [0.15, 0.2) is 36.8 Å². The third kappa shape index (κ3) is 5.04. The van der Waals surface area contributed by atoms with Gasteiger partial charge in [-0.2, -0.15) is 0 Å². The van der Waals surface area contributed by atoms with E-state index in [4.69, 9.17) is 9.72 Å². The molecule has 0 spiro atoms. The monoisotopic (exact) mass is 581 g/mol. The maximum absolute atomic E-state index is 12.9. The van der Waals surface area contributed by atoms with Crippen LogP contribution >= 0.6 is 0 Å². The molecule has 1 aliphatic heterocycles. The smallest absolute Gasteiger partial charge is 0.331 e. The highest BCUT2D eigenvalue weighted by atomic mass is 16.5. The maximum Gasteiger partial charge on any atom is 0.331 e. The number of rotatable bonds is 8. The quantitative estimate of drug-likeness (QED) is 0.308. The van der Waals surface area contributed by atoms with Crippen LogP contribution in [0.2, 0.25) is 0 Å². The summed E-state index contributed by atoms with van der Waals surface area (Å²) in [4.78, 5) is 54.3. The number of pyridine rings is 1. The number of imidazole rings is 1. The normalized spacial score (nSPS) is 20.6. The molecule has 7 rings (SSSR count). The van der Waals surface area contributed by atoms with Crippen molar-refractivity contribution in [2.24, 2.45) is 5.92 Å². The molecule has 2 aliphatic carbocycles. The summed E-state index contributed by atoms with van der Waals surface area (Å²) >= 11 is 0. The molecule has 0 bridgehead atoms. The highest BCUT2D eigenvalue weighted by Gasteiger charge is 2.46. The first kappa shape index (κ1) is 26.9. The van der Waals surface area contributed by atoms with Crippen molar-refractivity contribution in [1.82, 2.24) is 34.4 Å². The Hall–Kier alpha value is -4.94. The minimum absolute atomic E-state index is 0.0104. The topological polar surface area (TPSA) is 148 Å². The number of hydrogen-bond donors (Lipinski definition) is 1. The average Bonchev–Trinajstić information content (AvgIpc) is 3.91. The van der Waals surface area contributed by atoms with Gasteiger partial charge in [0.1, 0.15) is 29.9 Å². The molecule has 4 amide bonds. The number of nitrogens with one attached hydrogen (secondary N) is 1. The van der Waals surface area contributed by atoms with Crippen LogP contribution in [0.3, 0.4) is 0 Å². The fraction of sp³-hybridized carbons (Fsp3) is 0.400. The molecule has 3 atom stereocenters. The fourth-order valence-electron chi connectivity index (χ4n) is 5.44. The van der Waals surface area contributed by atoms with Gasteiger partial charge in [0.2, 0.25) is 11.8 Å². The highest BCUT2D eigenvalue weighted by Crippen LogP contribution is 2.46. The summed E-state index contributed by atoms with van der Waals surface area (Å²) in [5.74, 6) is 1.22. The van der Waals surface area contributed by atoms with Crippen LogP contribution in [0.1, 0.15) is 72.6 Å². The van der Waals surface area contributed by atoms with Crippen LogP contribution in [0.4, 0.5) is 16.3 Å². The second-order valence-electron chi connectivity index (χ2n) is 11.6. The first-order chi connectivity index (χ1) is 20.7. The van der Waals surface area contributed by atoms with Gasteiger partial charge in [-0.3, -0.25) is 19.4 Å². The van der Waals surface area contributed by atoms with Crippen LogP contribution in [0, 0.1) is 19.8 Å². The average molecular weight is 582 g/mol. The third-order valence-corrected chi connectivity index (χ3v) is 8.27. The molecule has 1 saturated heterocycles. The molecule has 4 aromatic heterocycles. The molecular weight excluding hydrogens is 550 g/mol. The molecular formula is C30H31N9O4. The molecule has 4 aromatic rings. The Kier molecular flexibility index (Phi) is 6.33. The maximum atomic E-state index is 12.9. The van der Waals surface area contributed by atoms with Crippen LogP contribution in [0.5, 0.6) is 5.75 Å². The molecule has 0 radical (unpaired) electrons. The van der Waals surface area contributed by atoms with E-state index in [1.807, 2.05) is 42.8 Å². The molecule has 0 aromatic carbocycles. The van der Waals surface area contributed by atoms with Gasteiger partial charge < -0.3 is 14.5 Å². The lowest BCUT2D eigenvalue weighted by Crippen LogP contribution is -2.30. The van der Waals surface area contributed by atoms with Gasteiger partial charge in [-0.15, -0.1) is 10.2 Å². The Balaban J connectivity index is 1.10. The molecule has 3 unspecified atom stereocenters. The number of ether oxygens (including phenoxy) is 1. The van der Waals surface area contributed by atoms with Crippen molar-refractivity contribution in [3.63, 3.8) is 0 Å². The second kappa shape index (κ2) is 10.1. The number of anilines is 2. The lowest BCUT2D eigenvalue weighted by atomic mass is 10.1. The second-order valence-corrected chi connectivity index (χ2v) is 11.6. The van der Waals surface area contributed by atoms with Gasteiger partial charge in [0.05, 0.1) is 11.4 Å². The van der Waals surface area contributed by atoms with Crippen LogP contribution in [-0.4, -0.2) is 65.9 Å². The Morgan fingerprint density at radius 1 is 1.12 bits per heavy atom. The van der Waals surface area contributed by atoms with Crippen molar-refractivity contribution < 1.29 is 19.1 Å². The molecule has 13 heteroatoms. The van der Waals surface area contributed by atoms with Gasteiger partial charge in [-0.05, 0) is 63.6 Å². The van der Waals surface area contributed by atoms with E-state index < -0.39 is 6.10 Å². The van der Waals surface area contributed by atoms with Crippen molar-refractivity contribution in [1.29, 1.82) is 0 Å². The van der Waals surface area contributed by atoms with Gasteiger partial charge in [0.15, 0.2) is 11.5 Å². The molecule has 220 valence electrons. The largest absolute Gasteiger partial charge is 0.482 e. The molecule has 13 nitrogen and oxygen atoms in total. The number of carbonyl (C=O) groups excluding carboxylic acids is 3. The standard InChI is InChI=1S/C30H31N9O4/c1-15-7-8-31-27(32-15)20-10-21(20)29(41)34-25-11-24(16(2)35-36-25)43-17(3)22-13-38-12-19(18-5-6-18)9-23(28(38)33-22)39-14-26(40)37(4)30(39)42/h7-9,11-13,17-18,20-21H,5-6,10,14H2,1-4H3,(H,34,36,41). The Bertz CT molecular complexity index is 1800. The molecule has 5 heterocycles. The molecule has 2 saturated carbocycles. The van der Waals surface area contributed by atoms with Crippen molar-refractivity contribution in [3.05, 3.63) is 65.3 Å². The zero-order valence-corrected chi connectivity index (χ0v) is 24.3. The summed E-state index contributed by atoms with van der Waals surface area (Å²) in [6.07, 6.45) is 8.00. The zero-order chi connectivity index (χ0) is 30.0. The minimum Gasteiger partial charge on any atom is -0.482 e.